The first-order valence-electron chi connectivity index (χ1n) is 11.1. The third kappa shape index (κ3) is 3.74. The quantitative estimate of drug-likeness (QED) is 0.354. The molecule has 3 heterocycles. The van der Waals surface area contributed by atoms with Crippen LogP contribution < -0.4 is 19.8 Å². The van der Waals surface area contributed by atoms with E-state index in [1.165, 1.54) is 16.2 Å². The second kappa shape index (κ2) is 8.95. The lowest BCUT2D eigenvalue weighted by Crippen LogP contribution is -2.29. The number of nitrogens with zero attached hydrogens (tertiary/aromatic N) is 2. The molecule has 0 aliphatic carbocycles. The van der Waals surface area contributed by atoms with Gasteiger partial charge in [-0.3, -0.25) is 14.5 Å². The Balaban J connectivity index is 1.65. The molecule has 1 aliphatic rings. The van der Waals surface area contributed by atoms with Gasteiger partial charge in [0.1, 0.15) is 5.58 Å². The lowest BCUT2D eigenvalue weighted by molar-refractivity contribution is 0.0971. The summed E-state index contributed by atoms with van der Waals surface area (Å²) >= 11 is 1.32. The number of aromatic nitrogens is 1. The van der Waals surface area contributed by atoms with Crippen molar-refractivity contribution in [3.05, 3.63) is 81.2 Å². The zero-order valence-corrected chi connectivity index (χ0v) is 19.9. The summed E-state index contributed by atoms with van der Waals surface area (Å²) in [7, 11) is 1.57. The standard InChI is InChI=1S/C26H24N2O5S/c1-15(2)10-12-32-19-9-8-16(14-20(19)31-3)22-21-23(29)17-6-4-5-7-18(17)33-24(21)25(30)28(22)26-27-11-13-34-26/h4-9,11,13-15,22H,10,12H2,1-3H3/t22-/m1/s1. The van der Waals surface area contributed by atoms with E-state index in [0.717, 1.165) is 6.42 Å². The maximum absolute atomic E-state index is 13.6. The molecule has 5 rings (SSSR count). The van der Waals surface area contributed by atoms with Crippen LogP contribution in [0.1, 0.15) is 48.0 Å². The Labute approximate surface area is 200 Å². The molecule has 0 saturated heterocycles. The average Bonchev–Trinajstić information content (AvgIpc) is 3.46. The van der Waals surface area contributed by atoms with Gasteiger partial charge in [-0.2, -0.15) is 0 Å². The third-order valence-electron chi connectivity index (χ3n) is 5.86. The number of rotatable bonds is 7. The monoisotopic (exact) mass is 476 g/mol. The van der Waals surface area contributed by atoms with Gasteiger partial charge in [0, 0.05) is 11.6 Å². The second-order valence-corrected chi connectivity index (χ2v) is 9.38. The van der Waals surface area contributed by atoms with E-state index in [2.05, 4.69) is 18.8 Å². The molecule has 0 bridgehead atoms. The predicted octanol–water partition coefficient (Wildman–Crippen LogP) is 5.43. The fourth-order valence-electron chi connectivity index (χ4n) is 4.15. The molecule has 34 heavy (non-hydrogen) atoms. The van der Waals surface area contributed by atoms with Gasteiger partial charge in [0.25, 0.3) is 5.91 Å². The smallest absolute Gasteiger partial charge is 0.297 e. The van der Waals surface area contributed by atoms with Gasteiger partial charge >= 0.3 is 0 Å². The number of hydrogen-bond donors (Lipinski definition) is 0. The number of thiazole rings is 1. The van der Waals surface area contributed by atoms with E-state index in [4.69, 9.17) is 13.9 Å². The van der Waals surface area contributed by atoms with Crippen LogP contribution >= 0.6 is 11.3 Å². The van der Waals surface area contributed by atoms with Crippen molar-refractivity contribution in [1.82, 2.24) is 4.98 Å². The first-order chi connectivity index (χ1) is 16.5. The van der Waals surface area contributed by atoms with Crippen molar-refractivity contribution < 1.29 is 18.7 Å². The minimum Gasteiger partial charge on any atom is -0.493 e. The van der Waals surface area contributed by atoms with Crippen LogP contribution in [0, 0.1) is 5.92 Å². The second-order valence-electron chi connectivity index (χ2n) is 8.50. The highest BCUT2D eigenvalue weighted by molar-refractivity contribution is 7.13. The van der Waals surface area contributed by atoms with Crippen LogP contribution in [0.5, 0.6) is 11.5 Å². The van der Waals surface area contributed by atoms with Crippen molar-refractivity contribution in [2.75, 3.05) is 18.6 Å². The van der Waals surface area contributed by atoms with E-state index in [1.807, 2.05) is 18.2 Å². The fourth-order valence-corrected chi connectivity index (χ4v) is 4.81. The van der Waals surface area contributed by atoms with Crippen LogP contribution in [0.2, 0.25) is 0 Å². The van der Waals surface area contributed by atoms with Crippen LogP contribution in [-0.4, -0.2) is 24.6 Å². The Morgan fingerprint density at radius 1 is 1.15 bits per heavy atom. The molecule has 0 spiro atoms. The maximum Gasteiger partial charge on any atom is 0.297 e. The Morgan fingerprint density at radius 2 is 1.97 bits per heavy atom. The largest absolute Gasteiger partial charge is 0.493 e. The van der Waals surface area contributed by atoms with Crippen LogP contribution in [-0.2, 0) is 0 Å². The first kappa shape index (κ1) is 22.2. The lowest BCUT2D eigenvalue weighted by Gasteiger charge is -2.23. The normalized spacial score (nSPS) is 15.2. The number of methoxy groups -OCH3 is 1. The number of carbonyl (C=O) groups excluding carboxylic acids is 1. The Kier molecular flexibility index (Phi) is 5.83. The van der Waals surface area contributed by atoms with E-state index >= 15 is 0 Å². The zero-order valence-electron chi connectivity index (χ0n) is 19.1. The van der Waals surface area contributed by atoms with Gasteiger partial charge in [-0.05, 0) is 42.2 Å². The number of ether oxygens (including phenoxy) is 2. The van der Waals surface area contributed by atoms with E-state index < -0.39 is 11.9 Å². The van der Waals surface area contributed by atoms with Crippen LogP contribution in [0.15, 0.2) is 63.3 Å². The lowest BCUT2D eigenvalue weighted by atomic mass is 9.98. The Hall–Kier alpha value is -3.65. The maximum atomic E-state index is 13.6. The average molecular weight is 477 g/mol. The molecule has 1 atom stereocenters. The summed E-state index contributed by atoms with van der Waals surface area (Å²) in [6.45, 7) is 4.85. The minimum absolute atomic E-state index is 0.0418. The van der Waals surface area contributed by atoms with Crippen molar-refractivity contribution in [1.29, 1.82) is 0 Å². The number of anilines is 1. The number of hydrogen-bond acceptors (Lipinski definition) is 7. The minimum atomic E-state index is -0.701. The molecule has 2 aromatic carbocycles. The highest BCUT2D eigenvalue weighted by Crippen LogP contribution is 2.43. The number of benzene rings is 2. The number of fused-ring (bicyclic) bond motifs is 2. The molecular weight excluding hydrogens is 452 g/mol. The molecular formula is C26H24N2O5S. The number of para-hydroxylation sites is 1. The van der Waals surface area contributed by atoms with Crippen molar-refractivity contribution in [3.63, 3.8) is 0 Å². The fraction of sp³-hybridized carbons (Fsp3) is 0.269. The number of amides is 1. The highest BCUT2D eigenvalue weighted by Gasteiger charge is 2.45. The molecule has 0 fully saturated rings. The summed E-state index contributed by atoms with van der Waals surface area (Å²) in [5.41, 5.74) is 1.16. The summed E-state index contributed by atoms with van der Waals surface area (Å²) in [4.78, 5) is 33.0. The molecule has 8 heteroatoms. The van der Waals surface area contributed by atoms with E-state index in [-0.39, 0.29) is 11.2 Å². The Morgan fingerprint density at radius 3 is 2.71 bits per heavy atom. The molecule has 174 valence electrons. The molecule has 4 aromatic rings. The summed E-state index contributed by atoms with van der Waals surface area (Å²) < 4.78 is 17.5. The molecule has 2 aromatic heterocycles. The highest BCUT2D eigenvalue weighted by atomic mass is 32.1. The van der Waals surface area contributed by atoms with Crippen LogP contribution in [0.3, 0.4) is 0 Å². The molecule has 1 amide bonds. The van der Waals surface area contributed by atoms with Crippen molar-refractivity contribution in [2.24, 2.45) is 5.92 Å². The van der Waals surface area contributed by atoms with Gasteiger partial charge in [0.15, 0.2) is 22.1 Å². The van der Waals surface area contributed by atoms with Crippen molar-refractivity contribution >= 4 is 33.3 Å². The van der Waals surface area contributed by atoms with E-state index in [0.29, 0.717) is 51.3 Å². The molecule has 7 nitrogen and oxygen atoms in total. The summed E-state index contributed by atoms with van der Waals surface area (Å²) in [5.74, 6) is 1.32. The number of carbonyl (C=O) groups is 1. The molecule has 0 N–H and O–H groups in total. The molecule has 0 saturated carbocycles. The van der Waals surface area contributed by atoms with Crippen LogP contribution in [0.25, 0.3) is 11.0 Å². The summed E-state index contributed by atoms with van der Waals surface area (Å²) in [6.07, 6.45) is 2.55. The van der Waals surface area contributed by atoms with Gasteiger partial charge in [-0.15, -0.1) is 11.3 Å². The van der Waals surface area contributed by atoms with E-state index in [1.54, 1.807) is 43.0 Å². The van der Waals surface area contributed by atoms with Gasteiger partial charge in [0.2, 0.25) is 5.76 Å². The topological polar surface area (TPSA) is 81.9 Å². The molecule has 1 aliphatic heterocycles. The van der Waals surface area contributed by atoms with Crippen LogP contribution in [0.4, 0.5) is 5.13 Å². The third-order valence-corrected chi connectivity index (χ3v) is 6.63. The summed E-state index contributed by atoms with van der Waals surface area (Å²) in [5, 5.41) is 2.71. The predicted molar refractivity (Wildman–Crippen MR) is 131 cm³/mol. The Bertz CT molecular complexity index is 1410. The van der Waals surface area contributed by atoms with Gasteiger partial charge in [0.05, 0.1) is 30.7 Å². The zero-order chi connectivity index (χ0) is 23.8. The first-order valence-corrected chi connectivity index (χ1v) is 12.0. The van der Waals surface area contributed by atoms with Gasteiger partial charge in [-0.25, -0.2) is 4.98 Å². The SMILES string of the molecule is COc1cc([C@@H]2c3c(oc4ccccc4c3=O)C(=O)N2c2nccs2)ccc1OCCC(C)C. The van der Waals surface area contributed by atoms with Gasteiger partial charge < -0.3 is 13.9 Å². The molecule has 0 radical (unpaired) electrons. The van der Waals surface area contributed by atoms with Crippen molar-refractivity contribution in [2.45, 2.75) is 26.3 Å². The van der Waals surface area contributed by atoms with E-state index in [9.17, 15) is 9.59 Å². The molecule has 0 unspecified atom stereocenters. The van der Waals surface area contributed by atoms with Gasteiger partial charge in [-0.1, -0.05) is 32.0 Å². The van der Waals surface area contributed by atoms with Crippen molar-refractivity contribution in [3.8, 4) is 11.5 Å². The summed E-state index contributed by atoms with van der Waals surface area (Å²) in [6, 6.07) is 11.7.